The molecule has 0 radical (unpaired) electrons. The predicted molar refractivity (Wildman–Crippen MR) is 253 cm³/mol. The van der Waals surface area contributed by atoms with Gasteiger partial charge in [-0.1, -0.05) is 141 Å². The van der Waals surface area contributed by atoms with Crippen LogP contribution in [0.5, 0.6) is 0 Å². The van der Waals surface area contributed by atoms with Gasteiger partial charge in [0.15, 0.2) is 11.2 Å². The number of furan rings is 2. The minimum absolute atomic E-state index is 0.236. The fourth-order valence-corrected chi connectivity index (χ4v) is 9.67. The maximum Gasteiger partial charge on any atom is 0.159 e. The van der Waals surface area contributed by atoms with Crippen LogP contribution in [-0.4, -0.2) is 0 Å². The van der Waals surface area contributed by atoms with Gasteiger partial charge in [-0.3, -0.25) is 0 Å². The highest BCUT2D eigenvalue weighted by Gasteiger charge is 2.36. The van der Waals surface area contributed by atoms with Crippen LogP contribution in [0, 0.1) is 0 Å². The third-order valence-corrected chi connectivity index (χ3v) is 12.7. The van der Waals surface area contributed by atoms with E-state index in [2.05, 4.69) is 206 Å². The van der Waals surface area contributed by atoms with Gasteiger partial charge in [-0.25, -0.2) is 0 Å². The van der Waals surface area contributed by atoms with Crippen molar-refractivity contribution < 1.29 is 8.83 Å². The van der Waals surface area contributed by atoms with Gasteiger partial charge in [0.25, 0.3) is 0 Å². The summed E-state index contributed by atoms with van der Waals surface area (Å²) in [6, 6.07) is 73.5. The molecule has 1 aliphatic rings. The van der Waals surface area contributed by atoms with E-state index < -0.39 is 0 Å². The van der Waals surface area contributed by atoms with E-state index in [0.717, 1.165) is 78.0 Å². The first-order valence-electron chi connectivity index (χ1n) is 20.9. The third kappa shape index (κ3) is 5.53. The highest BCUT2D eigenvalue weighted by atomic mass is 16.3. The molecule has 12 rings (SSSR count). The van der Waals surface area contributed by atoms with Crippen molar-refractivity contribution in [2.24, 2.45) is 0 Å². The first-order valence-corrected chi connectivity index (χ1v) is 20.9. The maximum absolute atomic E-state index is 6.59. The number of benzene rings is 9. The van der Waals surface area contributed by atoms with Crippen LogP contribution in [0.2, 0.25) is 0 Å². The van der Waals surface area contributed by atoms with Gasteiger partial charge < -0.3 is 18.6 Å². The van der Waals surface area contributed by atoms with E-state index in [9.17, 15) is 0 Å². The fraction of sp³-hybridized carbons (Fsp3) is 0.0526. The molecule has 0 aliphatic heterocycles. The molecule has 9 aromatic carbocycles. The highest BCUT2D eigenvalue weighted by Crippen LogP contribution is 2.52. The quantitative estimate of drug-likeness (QED) is 0.161. The van der Waals surface area contributed by atoms with Gasteiger partial charge in [-0.15, -0.1) is 0 Å². The van der Waals surface area contributed by atoms with Crippen molar-refractivity contribution in [1.82, 2.24) is 0 Å². The normalized spacial score (nSPS) is 12.9. The molecule has 4 nitrogen and oxygen atoms in total. The van der Waals surface area contributed by atoms with Crippen LogP contribution in [0.15, 0.2) is 215 Å². The summed E-state index contributed by atoms with van der Waals surface area (Å²) in [6.07, 6.45) is 0. The first-order chi connectivity index (χ1) is 30.0. The van der Waals surface area contributed by atoms with Crippen LogP contribution in [-0.2, 0) is 5.41 Å². The summed E-state index contributed by atoms with van der Waals surface area (Å²) >= 11 is 0. The fourth-order valence-electron chi connectivity index (χ4n) is 9.67. The van der Waals surface area contributed by atoms with Gasteiger partial charge in [0.05, 0.1) is 11.4 Å². The molecule has 61 heavy (non-hydrogen) atoms. The Labute approximate surface area is 354 Å². The van der Waals surface area contributed by atoms with Crippen molar-refractivity contribution in [1.29, 1.82) is 0 Å². The molecule has 11 aromatic rings. The van der Waals surface area contributed by atoms with Gasteiger partial charge in [-0.05, 0) is 112 Å². The van der Waals surface area contributed by atoms with Crippen molar-refractivity contribution in [3.8, 4) is 22.3 Å². The number of rotatable bonds is 7. The molecule has 0 fully saturated rings. The van der Waals surface area contributed by atoms with Crippen molar-refractivity contribution in [3.63, 3.8) is 0 Å². The van der Waals surface area contributed by atoms with Gasteiger partial charge >= 0.3 is 0 Å². The lowest BCUT2D eigenvalue weighted by molar-refractivity contribution is 0.660. The van der Waals surface area contributed by atoms with E-state index in [4.69, 9.17) is 8.83 Å². The Morgan fingerprint density at radius 1 is 0.344 bits per heavy atom. The SMILES string of the molecule is CC1(C)c2cc(-c3ccc(N(c4ccccc4)c4cccc5c4oc4ccccc45)cc3)ccc2-c2ccc(N(c3ccccc3)c3cccc4c3oc3ccccc34)cc21. The number of fused-ring (bicyclic) bond motifs is 9. The van der Waals surface area contributed by atoms with E-state index in [1.807, 2.05) is 24.3 Å². The molecular formula is C57H40N2O2. The second-order valence-electron chi connectivity index (χ2n) is 16.5. The molecule has 0 saturated heterocycles. The van der Waals surface area contributed by atoms with Crippen molar-refractivity contribution >= 4 is 78.0 Å². The lowest BCUT2D eigenvalue weighted by Gasteiger charge is -2.28. The molecule has 2 aromatic heterocycles. The molecule has 1 aliphatic carbocycles. The van der Waals surface area contributed by atoms with E-state index >= 15 is 0 Å². The Hall–Kier alpha value is -7.82. The molecule has 0 unspecified atom stereocenters. The first kappa shape index (κ1) is 35.2. The Morgan fingerprint density at radius 3 is 1.34 bits per heavy atom. The van der Waals surface area contributed by atoms with Gasteiger partial charge in [0.1, 0.15) is 11.2 Å². The molecule has 0 spiro atoms. The number of nitrogens with zero attached hydrogens (tertiary/aromatic N) is 2. The lowest BCUT2D eigenvalue weighted by Crippen LogP contribution is -2.16. The zero-order valence-corrected chi connectivity index (χ0v) is 33.8. The minimum Gasteiger partial charge on any atom is -0.454 e. The monoisotopic (exact) mass is 784 g/mol. The second-order valence-corrected chi connectivity index (χ2v) is 16.5. The van der Waals surface area contributed by atoms with Crippen LogP contribution < -0.4 is 9.80 Å². The van der Waals surface area contributed by atoms with Crippen LogP contribution in [0.1, 0.15) is 25.0 Å². The molecule has 4 heteroatoms. The summed E-state index contributed by atoms with van der Waals surface area (Å²) in [5.41, 5.74) is 17.2. The summed E-state index contributed by atoms with van der Waals surface area (Å²) < 4.78 is 13.1. The minimum atomic E-state index is -0.236. The average Bonchev–Trinajstić information content (AvgIpc) is 3.96. The summed E-state index contributed by atoms with van der Waals surface area (Å²) in [5, 5.41) is 4.46. The summed E-state index contributed by atoms with van der Waals surface area (Å²) in [7, 11) is 0. The summed E-state index contributed by atoms with van der Waals surface area (Å²) in [5.74, 6) is 0. The van der Waals surface area contributed by atoms with Crippen LogP contribution in [0.3, 0.4) is 0 Å². The molecule has 0 amide bonds. The van der Waals surface area contributed by atoms with Crippen LogP contribution >= 0.6 is 0 Å². The standard InChI is InChI=1S/C57H40N2O2/c1-57(2)49-35-38(37-27-30-41(31-28-37)58(39-15-5-3-6-16-39)51-23-13-21-47-45-19-9-11-25-53(45)60-55(47)51)29-33-43(49)44-34-32-42(36-50(44)57)59(40-17-7-4-8-18-40)52-24-14-22-48-46-20-10-12-26-54(46)61-56(48)52/h3-36H,1-2H3. The summed E-state index contributed by atoms with van der Waals surface area (Å²) in [6.45, 7) is 4.72. The predicted octanol–water partition coefficient (Wildman–Crippen LogP) is 16.4. The molecule has 2 heterocycles. The van der Waals surface area contributed by atoms with Gasteiger partial charge in [-0.2, -0.15) is 0 Å². The molecule has 0 N–H and O–H groups in total. The Bertz CT molecular complexity index is 3450. The van der Waals surface area contributed by atoms with Crippen molar-refractivity contribution in [3.05, 3.63) is 217 Å². The van der Waals surface area contributed by atoms with Crippen LogP contribution in [0.4, 0.5) is 34.1 Å². The highest BCUT2D eigenvalue weighted by molar-refractivity contribution is 6.11. The van der Waals surface area contributed by atoms with Gasteiger partial charge in [0.2, 0.25) is 0 Å². The number of hydrogen-bond donors (Lipinski definition) is 0. The Morgan fingerprint density at radius 2 is 0.770 bits per heavy atom. The largest absolute Gasteiger partial charge is 0.454 e. The molecule has 0 atom stereocenters. The number of anilines is 6. The second kappa shape index (κ2) is 13.6. The average molecular weight is 785 g/mol. The smallest absolute Gasteiger partial charge is 0.159 e. The molecular weight excluding hydrogens is 745 g/mol. The number of para-hydroxylation sites is 6. The third-order valence-electron chi connectivity index (χ3n) is 12.7. The lowest BCUT2D eigenvalue weighted by atomic mass is 9.81. The number of hydrogen-bond acceptors (Lipinski definition) is 4. The topological polar surface area (TPSA) is 32.8 Å². The van der Waals surface area contributed by atoms with Crippen molar-refractivity contribution in [2.75, 3.05) is 9.80 Å². The molecule has 0 bridgehead atoms. The van der Waals surface area contributed by atoms with E-state index in [0.29, 0.717) is 0 Å². The Balaban J connectivity index is 0.918. The Kier molecular flexibility index (Phi) is 7.85. The molecule has 290 valence electrons. The molecule has 0 saturated carbocycles. The summed E-state index contributed by atoms with van der Waals surface area (Å²) in [4.78, 5) is 4.63. The zero-order chi connectivity index (χ0) is 40.7. The van der Waals surface area contributed by atoms with E-state index in [1.54, 1.807) is 0 Å². The van der Waals surface area contributed by atoms with E-state index in [1.165, 1.54) is 33.4 Å². The van der Waals surface area contributed by atoms with E-state index in [-0.39, 0.29) is 5.41 Å². The maximum atomic E-state index is 6.59. The van der Waals surface area contributed by atoms with Gasteiger partial charge in [0, 0.05) is 49.7 Å². The van der Waals surface area contributed by atoms with Crippen molar-refractivity contribution in [2.45, 2.75) is 19.3 Å². The van der Waals surface area contributed by atoms with Crippen LogP contribution in [0.25, 0.3) is 66.1 Å². The zero-order valence-electron chi connectivity index (χ0n) is 33.8.